The van der Waals surface area contributed by atoms with Crippen molar-refractivity contribution in [1.82, 2.24) is 0 Å². The van der Waals surface area contributed by atoms with Crippen LogP contribution in [0.5, 0.6) is 0 Å². The van der Waals surface area contributed by atoms with Crippen LogP contribution in [0.3, 0.4) is 0 Å². The van der Waals surface area contributed by atoms with E-state index in [2.05, 4.69) is 13.8 Å². The van der Waals surface area contributed by atoms with Gasteiger partial charge in [0.2, 0.25) is 0 Å². The van der Waals surface area contributed by atoms with Crippen LogP contribution in [-0.4, -0.2) is 64.6 Å². The minimum absolute atomic E-state index is 0. The Morgan fingerprint density at radius 2 is 1.18 bits per heavy atom. The molecule has 0 aromatic heterocycles. The van der Waals surface area contributed by atoms with Crippen molar-refractivity contribution in [2.24, 2.45) is 0 Å². The molecular weight excluding hydrogens is 262 g/mol. The zero-order valence-corrected chi connectivity index (χ0v) is 15.8. The maximum Gasteiger partial charge on any atom is 0.697 e. The minimum atomic E-state index is -1.87. The molecule has 97 valence electrons. The molecular formula is C12H26KO3P+. The third-order valence-electron chi connectivity index (χ3n) is 2.39. The molecule has 0 aromatic rings. The van der Waals surface area contributed by atoms with E-state index in [0.717, 1.165) is 25.7 Å². The molecule has 0 saturated heterocycles. The second-order valence-corrected chi connectivity index (χ2v) is 4.97. The van der Waals surface area contributed by atoms with Gasteiger partial charge in [-0.15, -0.1) is 9.05 Å². The predicted octanol–water partition coefficient (Wildman–Crippen LogP) is 4.46. The summed E-state index contributed by atoms with van der Waals surface area (Å²) in [7, 11) is -1.87. The van der Waals surface area contributed by atoms with Gasteiger partial charge in [0, 0.05) is 55.9 Å². The number of rotatable bonds is 12. The average Bonchev–Trinajstić information content (AvgIpc) is 2.28. The Labute approximate surface area is 150 Å². The van der Waals surface area contributed by atoms with Crippen LogP contribution in [0, 0.1) is 0 Å². The van der Waals surface area contributed by atoms with Gasteiger partial charge in [-0.05, 0) is 12.8 Å². The second-order valence-electron chi connectivity index (χ2n) is 4.01. The maximum atomic E-state index is 11.2. The number of hydrogen-bond donors (Lipinski definition) is 0. The SMILES string of the molecule is CCCCCCO[P+](=O)OCCCCCC.[K]. The van der Waals surface area contributed by atoms with Gasteiger partial charge in [-0.2, -0.15) is 0 Å². The van der Waals surface area contributed by atoms with E-state index >= 15 is 0 Å². The van der Waals surface area contributed by atoms with Crippen molar-refractivity contribution < 1.29 is 13.6 Å². The van der Waals surface area contributed by atoms with Crippen molar-refractivity contribution in [3.05, 3.63) is 0 Å². The van der Waals surface area contributed by atoms with Gasteiger partial charge in [-0.25, -0.2) is 0 Å². The van der Waals surface area contributed by atoms with Crippen molar-refractivity contribution in [1.29, 1.82) is 0 Å². The summed E-state index contributed by atoms with van der Waals surface area (Å²) in [5.74, 6) is 0. The van der Waals surface area contributed by atoms with Crippen LogP contribution in [0.2, 0.25) is 0 Å². The first-order valence-electron chi connectivity index (χ1n) is 6.54. The summed E-state index contributed by atoms with van der Waals surface area (Å²) >= 11 is 0. The fraction of sp³-hybridized carbons (Fsp3) is 1.00. The predicted molar refractivity (Wildman–Crippen MR) is 73.5 cm³/mol. The van der Waals surface area contributed by atoms with Gasteiger partial charge in [-0.1, -0.05) is 52.4 Å². The molecule has 1 radical (unpaired) electrons. The summed E-state index contributed by atoms with van der Waals surface area (Å²) in [5.41, 5.74) is 0. The summed E-state index contributed by atoms with van der Waals surface area (Å²) in [6.45, 7) is 5.45. The van der Waals surface area contributed by atoms with Crippen LogP contribution >= 0.6 is 8.25 Å². The topological polar surface area (TPSA) is 35.5 Å². The van der Waals surface area contributed by atoms with Crippen LogP contribution in [0.4, 0.5) is 0 Å². The van der Waals surface area contributed by atoms with Gasteiger partial charge in [0.05, 0.1) is 0 Å². The molecule has 0 spiro atoms. The molecule has 0 N–H and O–H groups in total. The molecule has 0 rings (SSSR count). The zero-order chi connectivity index (χ0) is 12.1. The van der Waals surface area contributed by atoms with E-state index in [1.165, 1.54) is 25.7 Å². The summed E-state index contributed by atoms with van der Waals surface area (Å²) in [6, 6.07) is 0. The molecule has 0 fully saturated rings. The van der Waals surface area contributed by atoms with Crippen LogP contribution in [0.15, 0.2) is 0 Å². The Bertz CT molecular complexity index is 152. The first-order valence-corrected chi connectivity index (χ1v) is 7.63. The number of unbranched alkanes of at least 4 members (excludes halogenated alkanes) is 6. The van der Waals surface area contributed by atoms with Crippen molar-refractivity contribution in [2.45, 2.75) is 65.2 Å². The number of hydrogen-bond acceptors (Lipinski definition) is 3. The smallest absolute Gasteiger partial charge is 0.119 e. The van der Waals surface area contributed by atoms with E-state index < -0.39 is 8.25 Å². The minimum Gasteiger partial charge on any atom is -0.119 e. The van der Waals surface area contributed by atoms with Crippen LogP contribution in [-0.2, 0) is 13.6 Å². The molecule has 0 saturated carbocycles. The standard InChI is InChI=1S/C12H26O3P.K/c1-3-5-7-9-11-14-16(13)15-12-10-8-6-4-2;/h3-12H2,1-2H3;/q+1;. The molecule has 0 aromatic carbocycles. The van der Waals surface area contributed by atoms with E-state index in [1.807, 2.05) is 0 Å². The fourth-order valence-electron chi connectivity index (χ4n) is 1.37. The zero-order valence-electron chi connectivity index (χ0n) is 11.7. The third-order valence-corrected chi connectivity index (χ3v) is 3.18. The Morgan fingerprint density at radius 3 is 1.53 bits per heavy atom. The van der Waals surface area contributed by atoms with Crippen molar-refractivity contribution in [3.63, 3.8) is 0 Å². The summed E-state index contributed by atoms with van der Waals surface area (Å²) in [5, 5.41) is 0. The molecule has 0 atom stereocenters. The average molecular weight is 288 g/mol. The van der Waals surface area contributed by atoms with E-state index in [9.17, 15) is 4.57 Å². The molecule has 0 unspecified atom stereocenters. The first-order chi connectivity index (χ1) is 7.81. The van der Waals surface area contributed by atoms with Crippen molar-refractivity contribution in [2.75, 3.05) is 13.2 Å². The molecule has 0 bridgehead atoms. The monoisotopic (exact) mass is 288 g/mol. The Hall–Kier alpha value is 1.66. The molecule has 0 heterocycles. The van der Waals surface area contributed by atoms with Crippen molar-refractivity contribution >= 4 is 59.6 Å². The van der Waals surface area contributed by atoms with Gasteiger partial charge in [0.1, 0.15) is 13.2 Å². The Balaban J connectivity index is 0. The van der Waals surface area contributed by atoms with Gasteiger partial charge < -0.3 is 0 Å². The largest absolute Gasteiger partial charge is 0.697 e. The Kier molecular flexibility index (Phi) is 21.8. The van der Waals surface area contributed by atoms with E-state index in [0.29, 0.717) is 13.2 Å². The van der Waals surface area contributed by atoms with E-state index in [4.69, 9.17) is 9.05 Å². The molecule has 0 aliphatic rings. The van der Waals surface area contributed by atoms with Gasteiger partial charge in [-0.3, -0.25) is 0 Å². The second kappa shape index (κ2) is 17.7. The van der Waals surface area contributed by atoms with Crippen LogP contribution < -0.4 is 0 Å². The summed E-state index contributed by atoms with van der Waals surface area (Å²) in [6.07, 6.45) is 9.12. The van der Waals surface area contributed by atoms with E-state index in [1.54, 1.807) is 0 Å². The normalized spacial score (nSPS) is 10.0. The van der Waals surface area contributed by atoms with Crippen LogP contribution in [0.1, 0.15) is 65.2 Å². The summed E-state index contributed by atoms with van der Waals surface area (Å²) in [4.78, 5) is 0. The van der Waals surface area contributed by atoms with Gasteiger partial charge in [0.15, 0.2) is 0 Å². The van der Waals surface area contributed by atoms with Crippen LogP contribution in [0.25, 0.3) is 0 Å². The third kappa shape index (κ3) is 17.7. The first kappa shape index (κ1) is 21.0. The Morgan fingerprint density at radius 1 is 0.765 bits per heavy atom. The van der Waals surface area contributed by atoms with Gasteiger partial charge in [0.25, 0.3) is 0 Å². The molecule has 5 heteroatoms. The van der Waals surface area contributed by atoms with E-state index in [-0.39, 0.29) is 51.4 Å². The molecule has 0 aliphatic carbocycles. The maximum absolute atomic E-state index is 11.2. The quantitative estimate of drug-likeness (QED) is 0.302. The van der Waals surface area contributed by atoms with Gasteiger partial charge >= 0.3 is 8.25 Å². The molecule has 0 aliphatic heterocycles. The van der Waals surface area contributed by atoms with Crippen molar-refractivity contribution in [3.8, 4) is 0 Å². The molecule has 0 amide bonds. The molecule has 3 nitrogen and oxygen atoms in total. The molecule has 17 heavy (non-hydrogen) atoms. The summed E-state index contributed by atoms with van der Waals surface area (Å²) < 4.78 is 21.4. The fourth-order valence-corrected chi connectivity index (χ4v) is 2.00.